The van der Waals surface area contributed by atoms with Crippen LogP contribution in [0.3, 0.4) is 0 Å². The molecule has 0 aliphatic heterocycles. The SMILES string of the molecule is Cc1ccccc1OC[C@@H](C)NC(=O)N[C@@H](C)c1nncn1C. The van der Waals surface area contributed by atoms with Gasteiger partial charge < -0.3 is 19.9 Å². The Balaban J connectivity index is 1.78. The third-order valence-corrected chi connectivity index (χ3v) is 3.44. The Morgan fingerprint density at radius 1 is 1.30 bits per heavy atom. The average molecular weight is 317 g/mol. The standard InChI is InChI=1S/C16H23N5O2/c1-11-7-5-6-8-14(11)23-9-12(2)18-16(22)19-13(3)15-20-17-10-21(15)4/h5-8,10,12-13H,9H2,1-4H3,(H2,18,19,22)/t12-,13+/m1/s1. The summed E-state index contributed by atoms with van der Waals surface area (Å²) in [6, 6.07) is 7.18. The van der Waals surface area contributed by atoms with Crippen LogP contribution in [0.25, 0.3) is 0 Å². The predicted octanol–water partition coefficient (Wildman–Crippen LogP) is 1.95. The maximum absolute atomic E-state index is 12.0. The first-order valence-corrected chi connectivity index (χ1v) is 7.56. The van der Waals surface area contributed by atoms with Gasteiger partial charge in [-0.1, -0.05) is 18.2 Å². The highest BCUT2D eigenvalue weighted by Gasteiger charge is 2.15. The van der Waals surface area contributed by atoms with E-state index in [1.54, 1.807) is 10.9 Å². The molecular weight excluding hydrogens is 294 g/mol. The van der Waals surface area contributed by atoms with Crippen LogP contribution in [-0.4, -0.2) is 33.4 Å². The van der Waals surface area contributed by atoms with Gasteiger partial charge in [0.2, 0.25) is 0 Å². The van der Waals surface area contributed by atoms with E-state index in [9.17, 15) is 4.79 Å². The van der Waals surface area contributed by atoms with Crippen LogP contribution < -0.4 is 15.4 Å². The lowest BCUT2D eigenvalue weighted by molar-refractivity contribution is 0.223. The van der Waals surface area contributed by atoms with Crippen molar-refractivity contribution in [2.75, 3.05) is 6.61 Å². The highest BCUT2D eigenvalue weighted by molar-refractivity contribution is 5.74. The van der Waals surface area contributed by atoms with Crippen LogP contribution in [0.4, 0.5) is 4.79 Å². The third-order valence-electron chi connectivity index (χ3n) is 3.44. The number of para-hydroxylation sites is 1. The summed E-state index contributed by atoms with van der Waals surface area (Å²) in [4.78, 5) is 12.0. The van der Waals surface area contributed by atoms with Crippen molar-refractivity contribution in [3.8, 4) is 5.75 Å². The van der Waals surface area contributed by atoms with Crippen molar-refractivity contribution in [2.45, 2.75) is 32.9 Å². The van der Waals surface area contributed by atoms with Gasteiger partial charge in [0.25, 0.3) is 0 Å². The van der Waals surface area contributed by atoms with Gasteiger partial charge in [-0.15, -0.1) is 10.2 Å². The fourth-order valence-electron chi connectivity index (χ4n) is 2.19. The van der Waals surface area contributed by atoms with Gasteiger partial charge in [-0.25, -0.2) is 4.79 Å². The molecule has 0 radical (unpaired) electrons. The van der Waals surface area contributed by atoms with Crippen molar-refractivity contribution in [1.29, 1.82) is 0 Å². The first-order valence-electron chi connectivity index (χ1n) is 7.56. The van der Waals surface area contributed by atoms with E-state index in [2.05, 4.69) is 20.8 Å². The zero-order chi connectivity index (χ0) is 16.8. The maximum Gasteiger partial charge on any atom is 0.315 e. The molecule has 0 spiro atoms. The number of carbonyl (C=O) groups is 1. The largest absolute Gasteiger partial charge is 0.491 e. The summed E-state index contributed by atoms with van der Waals surface area (Å²) in [5.74, 6) is 1.53. The number of carbonyl (C=O) groups excluding carboxylic acids is 1. The smallest absolute Gasteiger partial charge is 0.315 e. The molecule has 2 aromatic rings. The van der Waals surface area contributed by atoms with Crippen LogP contribution in [0.5, 0.6) is 5.75 Å². The molecular formula is C16H23N5O2. The molecule has 2 N–H and O–H groups in total. The average Bonchev–Trinajstić information content (AvgIpc) is 2.92. The molecule has 7 nitrogen and oxygen atoms in total. The number of hydrogen-bond donors (Lipinski definition) is 2. The van der Waals surface area contributed by atoms with E-state index in [4.69, 9.17) is 4.74 Å². The molecule has 2 atom stereocenters. The van der Waals surface area contributed by atoms with Crippen molar-refractivity contribution in [1.82, 2.24) is 25.4 Å². The van der Waals surface area contributed by atoms with Crippen molar-refractivity contribution in [2.24, 2.45) is 7.05 Å². The molecule has 1 aromatic heterocycles. The van der Waals surface area contributed by atoms with Gasteiger partial charge in [0.15, 0.2) is 5.82 Å². The first-order chi connectivity index (χ1) is 11.0. The number of nitrogens with one attached hydrogen (secondary N) is 2. The minimum absolute atomic E-state index is 0.124. The fraction of sp³-hybridized carbons (Fsp3) is 0.438. The van der Waals surface area contributed by atoms with Gasteiger partial charge in [-0.2, -0.15) is 0 Å². The molecule has 1 aromatic carbocycles. The van der Waals surface area contributed by atoms with E-state index in [-0.39, 0.29) is 18.1 Å². The second kappa shape index (κ2) is 7.62. The summed E-state index contributed by atoms with van der Waals surface area (Å²) >= 11 is 0. The topological polar surface area (TPSA) is 81.1 Å². The molecule has 0 bridgehead atoms. The molecule has 7 heteroatoms. The Hall–Kier alpha value is -2.57. The zero-order valence-electron chi connectivity index (χ0n) is 13.9. The van der Waals surface area contributed by atoms with Gasteiger partial charge in [-0.3, -0.25) is 0 Å². The molecule has 1 heterocycles. The van der Waals surface area contributed by atoms with Gasteiger partial charge in [-0.05, 0) is 32.4 Å². The van der Waals surface area contributed by atoms with E-state index in [0.29, 0.717) is 12.4 Å². The Kier molecular flexibility index (Phi) is 5.56. The van der Waals surface area contributed by atoms with Crippen LogP contribution in [0.2, 0.25) is 0 Å². The zero-order valence-corrected chi connectivity index (χ0v) is 13.9. The number of aryl methyl sites for hydroxylation is 2. The third kappa shape index (κ3) is 4.70. The van der Waals surface area contributed by atoms with Crippen molar-refractivity contribution >= 4 is 6.03 Å². The van der Waals surface area contributed by atoms with Crippen molar-refractivity contribution < 1.29 is 9.53 Å². The quantitative estimate of drug-likeness (QED) is 0.853. The van der Waals surface area contributed by atoms with E-state index in [1.165, 1.54) is 0 Å². The monoisotopic (exact) mass is 317 g/mol. The molecule has 0 saturated heterocycles. The van der Waals surface area contributed by atoms with Gasteiger partial charge >= 0.3 is 6.03 Å². The van der Waals surface area contributed by atoms with Gasteiger partial charge in [0.1, 0.15) is 18.7 Å². The summed E-state index contributed by atoms with van der Waals surface area (Å²) in [5, 5.41) is 13.5. The minimum atomic E-state index is -0.263. The summed E-state index contributed by atoms with van der Waals surface area (Å²) in [6.07, 6.45) is 1.60. The van der Waals surface area contributed by atoms with Crippen LogP contribution >= 0.6 is 0 Å². The maximum atomic E-state index is 12.0. The molecule has 0 saturated carbocycles. The van der Waals surface area contributed by atoms with E-state index < -0.39 is 0 Å². The van der Waals surface area contributed by atoms with E-state index in [0.717, 1.165) is 11.3 Å². The van der Waals surface area contributed by atoms with Crippen LogP contribution in [0, 0.1) is 6.92 Å². The highest BCUT2D eigenvalue weighted by atomic mass is 16.5. The lowest BCUT2D eigenvalue weighted by Gasteiger charge is -2.18. The van der Waals surface area contributed by atoms with Crippen LogP contribution in [0.1, 0.15) is 31.3 Å². The molecule has 0 fully saturated rings. The second-order valence-corrected chi connectivity index (χ2v) is 5.62. The molecule has 23 heavy (non-hydrogen) atoms. The lowest BCUT2D eigenvalue weighted by Crippen LogP contribution is -2.44. The first kappa shape index (κ1) is 16.8. The summed E-state index contributed by atoms with van der Waals surface area (Å²) in [7, 11) is 1.84. The number of ether oxygens (including phenoxy) is 1. The van der Waals surface area contributed by atoms with Gasteiger partial charge in [0.05, 0.1) is 12.1 Å². The fourth-order valence-corrected chi connectivity index (χ4v) is 2.19. The molecule has 0 aliphatic rings. The second-order valence-electron chi connectivity index (χ2n) is 5.62. The number of aromatic nitrogens is 3. The Labute approximate surface area is 136 Å². The van der Waals surface area contributed by atoms with Crippen LogP contribution in [-0.2, 0) is 7.05 Å². The number of benzene rings is 1. The number of urea groups is 1. The van der Waals surface area contributed by atoms with Gasteiger partial charge in [0, 0.05) is 7.05 Å². The Morgan fingerprint density at radius 2 is 2.04 bits per heavy atom. The van der Waals surface area contributed by atoms with Crippen LogP contribution in [0.15, 0.2) is 30.6 Å². The Bertz CT molecular complexity index is 655. The highest BCUT2D eigenvalue weighted by Crippen LogP contribution is 2.16. The summed E-state index contributed by atoms with van der Waals surface area (Å²) < 4.78 is 7.50. The molecule has 0 aliphatic carbocycles. The van der Waals surface area contributed by atoms with Crippen molar-refractivity contribution in [3.63, 3.8) is 0 Å². The van der Waals surface area contributed by atoms with Crippen molar-refractivity contribution in [3.05, 3.63) is 42.0 Å². The number of nitrogens with zero attached hydrogens (tertiary/aromatic N) is 3. The normalized spacial score (nSPS) is 13.2. The van der Waals surface area contributed by atoms with E-state index in [1.807, 2.05) is 52.1 Å². The Morgan fingerprint density at radius 3 is 2.70 bits per heavy atom. The lowest BCUT2D eigenvalue weighted by atomic mass is 10.2. The molecule has 2 amide bonds. The summed E-state index contributed by atoms with van der Waals surface area (Å²) in [5.41, 5.74) is 1.07. The number of rotatable bonds is 6. The molecule has 2 rings (SSSR count). The van der Waals surface area contributed by atoms with E-state index >= 15 is 0 Å². The minimum Gasteiger partial charge on any atom is -0.491 e. The number of amides is 2. The number of hydrogen-bond acceptors (Lipinski definition) is 4. The molecule has 0 unspecified atom stereocenters. The molecule has 124 valence electrons. The predicted molar refractivity (Wildman–Crippen MR) is 87.2 cm³/mol. The summed E-state index contributed by atoms with van der Waals surface area (Å²) in [6.45, 7) is 6.14.